The van der Waals surface area contributed by atoms with Gasteiger partial charge in [0.2, 0.25) is 0 Å². The van der Waals surface area contributed by atoms with Gasteiger partial charge in [0, 0.05) is 25.5 Å². The Labute approximate surface area is 142 Å². The maximum absolute atomic E-state index is 12.8. The van der Waals surface area contributed by atoms with Crippen LogP contribution >= 0.6 is 0 Å². The molecule has 0 saturated carbocycles. The molecule has 1 fully saturated rings. The number of nitrogens with zero attached hydrogens (tertiary/aromatic N) is 3. The zero-order valence-electron chi connectivity index (χ0n) is 14.0. The van der Waals surface area contributed by atoms with Gasteiger partial charge in [-0.05, 0) is 56.2 Å². The number of rotatable bonds is 4. The van der Waals surface area contributed by atoms with Crippen LogP contribution in [0.25, 0.3) is 0 Å². The predicted octanol–water partition coefficient (Wildman–Crippen LogP) is 3.03. The van der Waals surface area contributed by atoms with Crippen LogP contribution in [0, 0.1) is 11.3 Å². The first-order chi connectivity index (χ1) is 11.6. The average Bonchev–Trinajstić information content (AvgIpc) is 3.23. The van der Waals surface area contributed by atoms with Gasteiger partial charge >= 0.3 is 0 Å². The van der Waals surface area contributed by atoms with E-state index in [0.717, 1.165) is 25.1 Å². The van der Waals surface area contributed by atoms with Crippen LogP contribution in [0.2, 0.25) is 0 Å². The molecule has 1 aromatic heterocycles. The molecule has 5 heteroatoms. The second kappa shape index (κ2) is 6.79. The predicted molar refractivity (Wildman–Crippen MR) is 90.3 cm³/mol. The van der Waals surface area contributed by atoms with Crippen molar-refractivity contribution in [2.24, 2.45) is 7.05 Å². The standard InChI is InChI=1S/C19H21N3O2/c1-14(24-16-9-7-15(13-20)8-10-16)19(23)22-12-4-6-18(22)17-5-3-11-21(17)2/h3,5,7-11,14,18H,4,6,12H2,1-2H3/t14-,18+/m0/s1. The van der Waals surface area contributed by atoms with Crippen LogP contribution in [0.3, 0.4) is 0 Å². The molecule has 124 valence electrons. The lowest BCUT2D eigenvalue weighted by Crippen LogP contribution is -2.40. The van der Waals surface area contributed by atoms with Crippen LogP contribution in [0.4, 0.5) is 0 Å². The number of likely N-dealkylation sites (tertiary alicyclic amines) is 1. The largest absolute Gasteiger partial charge is 0.481 e. The maximum Gasteiger partial charge on any atom is 0.263 e. The Hall–Kier alpha value is -2.74. The molecule has 2 heterocycles. The summed E-state index contributed by atoms with van der Waals surface area (Å²) in [6.07, 6.45) is 3.43. The van der Waals surface area contributed by atoms with Crippen molar-refractivity contribution in [2.45, 2.75) is 31.9 Å². The zero-order chi connectivity index (χ0) is 17.1. The van der Waals surface area contributed by atoms with Crippen LogP contribution < -0.4 is 4.74 Å². The second-order valence-electron chi connectivity index (χ2n) is 6.13. The minimum absolute atomic E-state index is 0.00283. The quantitative estimate of drug-likeness (QED) is 0.869. The van der Waals surface area contributed by atoms with Crippen molar-refractivity contribution < 1.29 is 9.53 Å². The van der Waals surface area contributed by atoms with Gasteiger partial charge in [-0.15, -0.1) is 0 Å². The number of amides is 1. The molecule has 1 saturated heterocycles. The lowest BCUT2D eigenvalue weighted by Gasteiger charge is -2.28. The lowest BCUT2D eigenvalue weighted by molar-refractivity contribution is -0.139. The van der Waals surface area contributed by atoms with E-state index in [0.29, 0.717) is 11.3 Å². The molecular weight excluding hydrogens is 302 g/mol. The lowest BCUT2D eigenvalue weighted by atomic mass is 10.1. The summed E-state index contributed by atoms with van der Waals surface area (Å²) >= 11 is 0. The minimum Gasteiger partial charge on any atom is -0.481 e. The molecule has 0 unspecified atom stereocenters. The van der Waals surface area contributed by atoms with E-state index in [9.17, 15) is 4.79 Å². The third-order valence-corrected chi connectivity index (χ3v) is 4.51. The molecule has 2 aromatic rings. The van der Waals surface area contributed by atoms with E-state index in [1.165, 1.54) is 0 Å². The van der Waals surface area contributed by atoms with Crippen molar-refractivity contribution in [2.75, 3.05) is 6.54 Å². The van der Waals surface area contributed by atoms with Gasteiger partial charge in [0.05, 0.1) is 17.7 Å². The highest BCUT2D eigenvalue weighted by atomic mass is 16.5. The molecule has 3 rings (SSSR count). The van der Waals surface area contributed by atoms with E-state index >= 15 is 0 Å². The molecular formula is C19H21N3O2. The van der Waals surface area contributed by atoms with Gasteiger partial charge in [-0.3, -0.25) is 4.79 Å². The van der Waals surface area contributed by atoms with Crippen molar-refractivity contribution in [1.29, 1.82) is 5.26 Å². The van der Waals surface area contributed by atoms with Crippen molar-refractivity contribution in [3.8, 4) is 11.8 Å². The molecule has 1 aliphatic rings. The van der Waals surface area contributed by atoms with Crippen LogP contribution in [0.15, 0.2) is 42.6 Å². The zero-order valence-corrected chi connectivity index (χ0v) is 14.0. The van der Waals surface area contributed by atoms with Gasteiger partial charge in [0.25, 0.3) is 5.91 Å². The number of benzene rings is 1. The fourth-order valence-electron chi connectivity index (χ4n) is 3.25. The molecule has 1 aromatic carbocycles. The normalized spacial score (nSPS) is 18.2. The molecule has 2 atom stereocenters. The minimum atomic E-state index is -0.557. The summed E-state index contributed by atoms with van der Waals surface area (Å²) in [6, 6.07) is 13.1. The highest BCUT2D eigenvalue weighted by Crippen LogP contribution is 2.32. The number of nitriles is 1. The summed E-state index contributed by atoms with van der Waals surface area (Å²) in [6.45, 7) is 2.54. The summed E-state index contributed by atoms with van der Waals surface area (Å²) in [5, 5.41) is 8.83. The summed E-state index contributed by atoms with van der Waals surface area (Å²) in [5.41, 5.74) is 1.73. The summed E-state index contributed by atoms with van der Waals surface area (Å²) in [5.74, 6) is 0.604. The number of hydrogen-bond donors (Lipinski definition) is 0. The van der Waals surface area contributed by atoms with Crippen LogP contribution in [0.1, 0.15) is 37.1 Å². The number of carbonyl (C=O) groups is 1. The molecule has 0 N–H and O–H groups in total. The van der Waals surface area contributed by atoms with E-state index in [1.807, 2.05) is 24.2 Å². The van der Waals surface area contributed by atoms with Gasteiger partial charge in [-0.25, -0.2) is 0 Å². The summed E-state index contributed by atoms with van der Waals surface area (Å²) < 4.78 is 7.85. The number of ether oxygens (including phenoxy) is 1. The molecule has 1 amide bonds. The van der Waals surface area contributed by atoms with Gasteiger partial charge in [0.1, 0.15) is 5.75 Å². The van der Waals surface area contributed by atoms with E-state index in [2.05, 4.69) is 16.7 Å². The molecule has 0 bridgehead atoms. The molecule has 0 aliphatic carbocycles. The number of hydrogen-bond acceptors (Lipinski definition) is 3. The van der Waals surface area contributed by atoms with E-state index in [4.69, 9.17) is 10.00 Å². The first-order valence-corrected chi connectivity index (χ1v) is 8.18. The third kappa shape index (κ3) is 3.13. The fraction of sp³-hybridized carbons (Fsp3) is 0.368. The van der Waals surface area contributed by atoms with Gasteiger partial charge in [-0.1, -0.05) is 0 Å². The third-order valence-electron chi connectivity index (χ3n) is 4.51. The smallest absolute Gasteiger partial charge is 0.263 e. The van der Waals surface area contributed by atoms with Crippen molar-refractivity contribution >= 4 is 5.91 Å². The molecule has 24 heavy (non-hydrogen) atoms. The Morgan fingerprint density at radius 2 is 2.08 bits per heavy atom. The Bertz CT molecular complexity index is 758. The van der Waals surface area contributed by atoms with Gasteiger partial charge < -0.3 is 14.2 Å². The van der Waals surface area contributed by atoms with Gasteiger partial charge in [-0.2, -0.15) is 5.26 Å². The topological polar surface area (TPSA) is 58.3 Å². The highest BCUT2D eigenvalue weighted by molar-refractivity contribution is 5.81. The molecule has 0 spiro atoms. The number of carbonyl (C=O) groups excluding carboxylic acids is 1. The maximum atomic E-state index is 12.8. The van der Waals surface area contributed by atoms with Crippen LogP contribution in [0.5, 0.6) is 5.75 Å². The monoisotopic (exact) mass is 323 g/mol. The van der Waals surface area contributed by atoms with E-state index in [-0.39, 0.29) is 11.9 Å². The van der Waals surface area contributed by atoms with Gasteiger partial charge in [0.15, 0.2) is 6.10 Å². The van der Waals surface area contributed by atoms with Crippen molar-refractivity contribution in [1.82, 2.24) is 9.47 Å². The molecule has 1 aliphatic heterocycles. The Kier molecular flexibility index (Phi) is 4.57. The van der Waals surface area contributed by atoms with Crippen LogP contribution in [-0.4, -0.2) is 28.0 Å². The Morgan fingerprint density at radius 3 is 2.71 bits per heavy atom. The number of aromatic nitrogens is 1. The highest BCUT2D eigenvalue weighted by Gasteiger charge is 2.34. The number of aryl methyl sites for hydroxylation is 1. The molecule has 5 nitrogen and oxygen atoms in total. The fourth-order valence-corrected chi connectivity index (χ4v) is 3.25. The second-order valence-corrected chi connectivity index (χ2v) is 6.13. The van der Waals surface area contributed by atoms with Crippen molar-refractivity contribution in [3.63, 3.8) is 0 Å². The summed E-state index contributed by atoms with van der Waals surface area (Å²) in [4.78, 5) is 14.7. The first kappa shape index (κ1) is 16.1. The summed E-state index contributed by atoms with van der Waals surface area (Å²) in [7, 11) is 2.01. The molecule has 0 radical (unpaired) electrons. The van der Waals surface area contributed by atoms with E-state index in [1.54, 1.807) is 31.2 Å². The van der Waals surface area contributed by atoms with Crippen LogP contribution in [-0.2, 0) is 11.8 Å². The Morgan fingerprint density at radius 1 is 1.33 bits per heavy atom. The van der Waals surface area contributed by atoms with E-state index < -0.39 is 6.10 Å². The van der Waals surface area contributed by atoms with Crippen molar-refractivity contribution in [3.05, 3.63) is 53.9 Å². The first-order valence-electron chi connectivity index (χ1n) is 8.18. The Balaban J connectivity index is 1.70. The SMILES string of the molecule is C[C@H](Oc1ccc(C#N)cc1)C(=O)N1CCC[C@@H]1c1cccn1C. The average molecular weight is 323 g/mol.